The predicted octanol–water partition coefficient (Wildman–Crippen LogP) is 2.64. The second kappa shape index (κ2) is 6.42. The molecule has 82 valence electrons. The van der Waals surface area contributed by atoms with Crippen molar-refractivity contribution in [2.75, 3.05) is 25.6 Å². The van der Waals surface area contributed by atoms with Crippen LogP contribution in [0, 0.1) is 0 Å². The number of ether oxygens (including phenoxy) is 2. The fraction of sp³-hybridized carbons (Fsp3) is 0.300. The van der Waals surface area contributed by atoms with Crippen molar-refractivity contribution in [3.8, 4) is 0 Å². The zero-order valence-corrected chi connectivity index (χ0v) is 9.91. The molecule has 1 rings (SSSR count). The number of carbonyl (C=O) groups is 1. The number of nitrogens with one attached hydrogen (secondary N) is 1. The molecule has 0 saturated carbocycles. The average molecular weight is 274 g/mol. The molecule has 0 atom stereocenters. The summed E-state index contributed by atoms with van der Waals surface area (Å²) in [5.74, 6) is 0. The molecule has 0 saturated heterocycles. The lowest BCUT2D eigenvalue weighted by atomic mass is 10.3. The highest BCUT2D eigenvalue weighted by Crippen LogP contribution is 2.21. The van der Waals surface area contributed by atoms with Crippen LogP contribution in [0.2, 0.25) is 0 Å². The number of carbonyl (C=O) groups excluding carboxylic acids is 1. The van der Waals surface area contributed by atoms with E-state index in [0.717, 1.165) is 4.47 Å². The summed E-state index contributed by atoms with van der Waals surface area (Å²) in [7, 11) is 1.55. The molecule has 1 N–H and O–H groups in total. The maximum Gasteiger partial charge on any atom is 0.411 e. The van der Waals surface area contributed by atoms with Gasteiger partial charge < -0.3 is 9.47 Å². The largest absolute Gasteiger partial charge is 0.447 e. The first-order valence-electron chi connectivity index (χ1n) is 4.41. The van der Waals surface area contributed by atoms with Gasteiger partial charge in [-0.05, 0) is 28.1 Å². The summed E-state index contributed by atoms with van der Waals surface area (Å²) in [5.41, 5.74) is 0.680. The number of anilines is 1. The third-order valence-electron chi connectivity index (χ3n) is 1.63. The van der Waals surface area contributed by atoms with Gasteiger partial charge in [-0.3, -0.25) is 5.32 Å². The average Bonchev–Trinajstić information content (AvgIpc) is 2.22. The summed E-state index contributed by atoms with van der Waals surface area (Å²) < 4.78 is 10.4. The third kappa shape index (κ3) is 4.31. The Balaban J connectivity index is 2.41. The van der Waals surface area contributed by atoms with E-state index in [1.165, 1.54) is 0 Å². The molecule has 1 aromatic carbocycles. The smallest absolute Gasteiger partial charge is 0.411 e. The highest BCUT2D eigenvalue weighted by molar-refractivity contribution is 9.10. The number of amides is 1. The van der Waals surface area contributed by atoms with E-state index < -0.39 is 6.09 Å². The topological polar surface area (TPSA) is 47.6 Å². The molecule has 15 heavy (non-hydrogen) atoms. The minimum atomic E-state index is -0.487. The zero-order valence-electron chi connectivity index (χ0n) is 8.33. The summed E-state index contributed by atoms with van der Waals surface area (Å²) in [4.78, 5) is 11.2. The molecule has 0 bridgehead atoms. The van der Waals surface area contributed by atoms with E-state index in [1.807, 2.05) is 18.2 Å². The van der Waals surface area contributed by atoms with Gasteiger partial charge in [-0.2, -0.15) is 0 Å². The van der Waals surface area contributed by atoms with Crippen LogP contribution in [0.25, 0.3) is 0 Å². The molecule has 1 aromatic rings. The number of rotatable bonds is 4. The van der Waals surface area contributed by atoms with E-state index in [2.05, 4.69) is 21.2 Å². The van der Waals surface area contributed by atoms with Crippen molar-refractivity contribution in [3.63, 3.8) is 0 Å². The number of para-hydroxylation sites is 1. The lowest BCUT2D eigenvalue weighted by Gasteiger charge is -2.07. The van der Waals surface area contributed by atoms with Crippen molar-refractivity contribution in [1.82, 2.24) is 0 Å². The molecule has 0 aromatic heterocycles. The van der Waals surface area contributed by atoms with Gasteiger partial charge in [0.15, 0.2) is 0 Å². The zero-order chi connectivity index (χ0) is 11.1. The van der Waals surface area contributed by atoms with E-state index in [4.69, 9.17) is 9.47 Å². The fourth-order valence-electron chi connectivity index (χ4n) is 0.926. The van der Waals surface area contributed by atoms with Gasteiger partial charge in [0.1, 0.15) is 6.61 Å². The van der Waals surface area contributed by atoms with E-state index in [0.29, 0.717) is 12.3 Å². The summed E-state index contributed by atoms with van der Waals surface area (Å²) in [6.45, 7) is 0.635. The van der Waals surface area contributed by atoms with Crippen LogP contribution in [0.4, 0.5) is 10.5 Å². The van der Waals surface area contributed by atoms with Crippen molar-refractivity contribution in [3.05, 3.63) is 28.7 Å². The molecule has 4 nitrogen and oxygen atoms in total. The standard InChI is InChI=1S/C10H12BrNO3/c1-14-6-7-15-10(13)12-9-5-3-2-4-8(9)11/h2-5H,6-7H2,1H3,(H,12,13). The summed E-state index contributed by atoms with van der Waals surface area (Å²) in [6.07, 6.45) is -0.487. The van der Waals surface area contributed by atoms with E-state index in [1.54, 1.807) is 13.2 Å². The Labute approximate surface area is 96.7 Å². The number of benzene rings is 1. The minimum absolute atomic E-state index is 0.243. The molecule has 5 heteroatoms. The van der Waals surface area contributed by atoms with E-state index in [-0.39, 0.29) is 6.61 Å². The summed E-state index contributed by atoms with van der Waals surface area (Å²) >= 11 is 3.31. The van der Waals surface area contributed by atoms with Gasteiger partial charge in [-0.25, -0.2) is 4.79 Å². The third-order valence-corrected chi connectivity index (χ3v) is 2.32. The molecule has 0 fully saturated rings. The normalized spacial score (nSPS) is 9.73. The SMILES string of the molecule is COCCOC(=O)Nc1ccccc1Br. The monoisotopic (exact) mass is 273 g/mol. The highest BCUT2D eigenvalue weighted by Gasteiger charge is 2.04. The van der Waals surface area contributed by atoms with Crippen LogP contribution >= 0.6 is 15.9 Å². The molecule has 0 spiro atoms. The number of methoxy groups -OCH3 is 1. The van der Waals surface area contributed by atoms with Crippen LogP contribution in [-0.4, -0.2) is 26.4 Å². The Bertz CT molecular complexity index is 330. The quantitative estimate of drug-likeness (QED) is 0.858. The van der Waals surface area contributed by atoms with Gasteiger partial charge in [-0.1, -0.05) is 12.1 Å². The summed E-state index contributed by atoms with van der Waals surface area (Å²) in [5, 5.41) is 2.61. The molecular formula is C10H12BrNO3. The Morgan fingerprint density at radius 3 is 2.80 bits per heavy atom. The van der Waals surface area contributed by atoms with Crippen molar-refractivity contribution in [2.24, 2.45) is 0 Å². The first-order valence-corrected chi connectivity index (χ1v) is 5.20. The molecule has 0 unspecified atom stereocenters. The Hall–Kier alpha value is -1.07. The van der Waals surface area contributed by atoms with Crippen molar-refractivity contribution >= 4 is 27.7 Å². The Morgan fingerprint density at radius 1 is 1.40 bits per heavy atom. The number of hydrogen-bond acceptors (Lipinski definition) is 3. The van der Waals surface area contributed by atoms with Crippen LogP contribution in [0.5, 0.6) is 0 Å². The first kappa shape index (κ1) is 12.0. The van der Waals surface area contributed by atoms with E-state index in [9.17, 15) is 4.79 Å². The second-order valence-electron chi connectivity index (χ2n) is 2.73. The van der Waals surface area contributed by atoms with Gasteiger partial charge in [0.2, 0.25) is 0 Å². The molecule has 0 aliphatic carbocycles. The van der Waals surface area contributed by atoms with Gasteiger partial charge in [0, 0.05) is 11.6 Å². The predicted molar refractivity (Wildman–Crippen MR) is 61.0 cm³/mol. The molecule has 0 radical (unpaired) electrons. The van der Waals surface area contributed by atoms with Crippen LogP contribution in [-0.2, 0) is 9.47 Å². The van der Waals surface area contributed by atoms with Gasteiger partial charge in [0.25, 0.3) is 0 Å². The maximum absolute atomic E-state index is 11.2. The van der Waals surface area contributed by atoms with Crippen LogP contribution in [0.1, 0.15) is 0 Å². The molecule has 0 aliphatic rings. The molecule has 0 aliphatic heterocycles. The van der Waals surface area contributed by atoms with Crippen LogP contribution < -0.4 is 5.32 Å². The highest BCUT2D eigenvalue weighted by atomic mass is 79.9. The first-order chi connectivity index (χ1) is 7.24. The van der Waals surface area contributed by atoms with Crippen LogP contribution in [0.3, 0.4) is 0 Å². The number of hydrogen-bond donors (Lipinski definition) is 1. The fourth-order valence-corrected chi connectivity index (χ4v) is 1.31. The second-order valence-corrected chi connectivity index (χ2v) is 3.59. The van der Waals surface area contributed by atoms with Crippen LogP contribution in [0.15, 0.2) is 28.7 Å². The van der Waals surface area contributed by atoms with Crippen molar-refractivity contribution < 1.29 is 14.3 Å². The minimum Gasteiger partial charge on any atom is -0.447 e. The van der Waals surface area contributed by atoms with E-state index >= 15 is 0 Å². The number of halogens is 1. The van der Waals surface area contributed by atoms with Gasteiger partial charge in [-0.15, -0.1) is 0 Å². The lowest BCUT2D eigenvalue weighted by molar-refractivity contribution is 0.107. The Kier molecular flexibility index (Phi) is 5.14. The Morgan fingerprint density at radius 2 is 2.13 bits per heavy atom. The van der Waals surface area contributed by atoms with Crippen molar-refractivity contribution in [1.29, 1.82) is 0 Å². The lowest BCUT2D eigenvalue weighted by Crippen LogP contribution is -2.16. The summed E-state index contributed by atoms with van der Waals surface area (Å²) in [6, 6.07) is 7.31. The maximum atomic E-state index is 11.2. The van der Waals surface area contributed by atoms with Crippen molar-refractivity contribution in [2.45, 2.75) is 0 Å². The van der Waals surface area contributed by atoms with Gasteiger partial charge in [0.05, 0.1) is 12.3 Å². The molecule has 0 heterocycles. The van der Waals surface area contributed by atoms with Gasteiger partial charge >= 0.3 is 6.09 Å². The molecular weight excluding hydrogens is 262 g/mol. The molecule has 1 amide bonds.